The number of anilines is 2. The van der Waals surface area contributed by atoms with Gasteiger partial charge in [0.1, 0.15) is 5.75 Å². The lowest BCUT2D eigenvalue weighted by Crippen LogP contribution is -2.30. The van der Waals surface area contributed by atoms with Gasteiger partial charge in [0.15, 0.2) is 0 Å². The molecule has 3 rings (SSSR count). The molecular formula is C19H24N2O. The summed E-state index contributed by atoms with van der Waals surface area (Å²) in [4.78, 5) is 2.41. The molecule has 116 valence electrons. The van der Waals surface area contributed by atoms with Crippen LogP contribution in [0.15, 0.2) is 42.5 Å². The molecule has 0 bridgehead atoms. The number of ether oxygens (including phenoxy) is 1. The van der Waals surface area contributed by atoms with E-state index in [4.69, 9.17) is 10.5 Å². The molecule has 0 aliphatic carbocycles. The van der Waals surface area contributed by atoms with Gasteiger partial charge in [0.2, 0.25) is 0 Å². The number of piperidine rings is 1. The molecule has 1 saturated heterocycles. The third-order valence-corrected chi connectivity index (χ3v) is 4.36. The van der Waals surface area contributed by atoms with Crippen molar-refractivity contribution < 1.29 is 4.74 Å². The minimum absolute atomic E-state index is 0.892. The molecule has 0 aromatic heterocycles. The van der Waals surface area contributed by atoms with Crippen LogP contribution in [0.5, 0.6) is 5.75 Å². The second-order valence-corrected chi connectivity index (χ2v) is 5.97. The Morgan fingerprint density at radius 1 is 0.955 bits per heavy atom. The molecule has 2 aromatic rings. The average Bonchev–Trinajstić information content (AvgIpc) is 2.56. The van der Waals surface area contributed by atoms with Crippen LogP contribution >= 0.6 is 0 Å². The Labute approximate surface area is 132 Å². The zero-order chi connectivity index (χ0) is 15.4. The number of methoxy groups -OCH3 is 1. The van der Waals surface area contributed by atoms with Crippen molar-refractivity contribution in [2.75, 3.05) is 30.8 Å². The molecule has 1 fully saturated rings. The summed E-state index contributed by atoms with van der Waals surface area (Å²) >= 11 is 0. The molecule has 1 aliphatic rings. The van der Waals surface area contributed by atoms with E-state index in [1.54, 1.807) is 7.11 Å². The summed E-state index contributed by atoms with van der Waals surface area (Å²) in [7, 11) is 1.69. The molecule has 3 heteroatoms. The van der Waals surface area contributed by atoms with E-state index in [1.807, 2.05) is 12.1 Å². The maximum absolute atomic E-state index is 6.29. The summed E-state index contributed by atoms with van der Waals surface area (Å²) in [6.07, 6.45) is 4.78. The van der Waals surface area contributed by atoms with Crippen LogP contribution in [0, 0.1) is 0 Å². The fraction of sp³-hybridized carbons (Fsp3) is 0.368. The molecule has 0 spiro atoms. The van der Waals surface area contributed by atoms with Crippen LogP contribution in [0.25, 0.3) is 0 Å². The molecule has 1 aliphatic heterocycles. The number of nitrogen functional groups attached to an aromatic ring is 1. The van der Waals surface area contributed by atoms with Crippen LogP contribution in [0.3, 0.4) is 0 Å². The lowest BCUT2D eigenvalue weighted by atomic mass is 10.0. The Bertz CT molecular complexity index is 616. The Morgan fingerprint density at radius 3 is 2.27 bits per heavy atom. The van der Waals surface area contributed by atoms with Crippen molar-refractivity contribution >= 4 is 11.4 Å². The van der Waals surface area contributed by atoms with Crippen LogP contribution in [0.4, 0.5) is 11.4 Å². The van der Waals surface area contributed by atoms with Crippen molar-refractivity contribution in [1.29, 1.82) is 0 Å². The van der Waals surface area contributed by atoms with Crippen LogP contribution in [0.1, 0.15) is 30.4 Å². The van der Waals surface area contributed by atoms with E-state index >= 15 is 0 Å². The summed E-state index contributed by atoms with van der Waals surface area (Å²) in [5.41, 5.74) is 10.9. The smallest absolute Gasteiger partial charge is 0.118 e. The predicted molar refractivity (Wildman–Crippen MR) is 92.7 cm³/mol. The third-order valence-electron chi connectivity index (χ3n) is 4.36. The van der Waals surface area contributed by atoms with Crippen LogP contribution in [-0.4, -0.2) is 20.2 Å². The number of nitrogens with two attached hydrogens (primary N) is 1. The van der Waals surface area contributed by atoms with Crippen molar-refractivity contribution in [3.05, 3.63) is 53.6 Å². The molecule has 1 heterocycles. The Kier molecular flexibility index (Phi) is 4.52. The topological polar surface area (TPSA) is 38.5 Å². The first-order valence-corrected chi connectivity index (χ1v) is 8.02. The fourth-order valence-electron chi connectivity index (χ4n) is 3.12. The number of rotatable bonds is 4. The van der Waals surface area contributed by atoms with E-state index < -0.39 is 0 Å². The highest BCUT2D eigenvalue weighted by molar-refractivity contribution is 5.68. The molecule has 0 amide bonds. The van der Waals surface area contributed by atoms with Crippen molar-refractivity contribution in [2.45, 2.75) is 25.7 Å². The van der Waals surface area contributed by atoms with Gasteiger partial charge in [0.05, 0.1) is 18.5 Å². The van der Waals surface area contributed by atoms with E-state index in [0.29, 0.717) is 0 Å². The number of hydrogen-bond acceptors (Lipinski definition) is 3. The van der Waals surface area contributed by atoms with Crippen LogP contribution in [0.2, 0.25) is 0 Å². The first-order valence-electron chi connectivity index (χ1n) is 8.02. The van der Waals surface area contributed by atoms with Gasteiger partial charge in [-0.1, -0.05) is 18.2 Å². The second-order valence-electron chi connectivity index (χ2n) is 5.97. The molecule has 0 radical (unpaired) electrons. The molecule has 0 saturated carbocycles. The number of hydrogen-bond donors (Lipinski definition) is 1. The molecular weight excluding hydrogens is 272 g/mol. The maximum atomic E-state index is 6.29. The van der Waals surface area contributed by atoms with E-state index in [-0.39, 0.29) is 0 Å². The minimum atomic E-state index is 0.892. The van der Waals surface area contributed by atoms with Gasteiger partial charge >= 0.3 is 0 Å². The van der Waals surface area contributed by atoms with Gasteiger partial charge in [0, 0.05) is 13.1 Å². The highest BCUT2D eigenvalue weighted by atomic mass is 16.5. The standard InChI is InChI=1S/C19H24N2O/c1-22-17-8-5-15(6-9-17)13-16-7-10-19(18(20)14-16)21-11-3-2-4-12-21/h5-10,14H,2-4,11-13,20H2,1H3. The molecule has 0 unspecified atom stereocenters. The Balaban J connectivity index is 1.73. The van der Waals surface area contributed by atoms with Crippen molar-refractivity contribution in [3.8, 4) is 5.75 Å². The third kappa shape index (κ3) is 3.35. The lowest BCUT2D eigenvalue weighted by Gasteiger charge is -2.30. The summed E-state index contributed by atoms with van der Waals surface area (Å²) in [5, 5.41) is 0. The summed E-state index contributed by atoms with van der Waals surface area (Å²) in [6, 6.07) is 14.7. The van der Waals surface area contributed by atoms with E-state index in [1.165, 1.54) is 36.1 Å². The number of nitrogens with zero attached hydrogens (tertiary/aromatic N) is 1. The van der Waals surface area contributed by atoms with Crippen molar-refractivity contribution in [2.24, 2.45) is 0 Å². The first-order chi connectivity index (χ1) is 10.8. The molecule has 2 aromatic carbocycles. The highest BCUT2D eigenvalue weighted by Gasteiger charge is 2.13. The van der Waals surface area contributed by atoms with Gasteiger partial charge in [0.25, 0.3) is 0 Å². The monoisotopic (exact) mass is 296 g/mol. The largest absolute Gasteiger partial charge is 0.497 e. The first kappa shape index (κ1) is 14.8. The summed E-state index contributed by atoms with van der Waals surface area (Å²) in [5.74, 6) is 0.892. The maximum Gasteiger partial charge on any atom is 0.118 e. The lowest BCUT2D eigenvalue weighted by molar-refractivity contribution is 0.414. The van der Waals surface area contributed by atoms with Crippen molar-refractivity contribution in [1.82, 2.24) is 0 Å². The van der Waals surface area contributed by atoms with Gasteiger partial charge in [-0.05, 0) is 61.1 Å². The molecule has 0 atom stereocenters. The predicted octanol–water partition coefficient (Wildman–Crippen LogP) is 3.86. The van der Waals surface area contributed by atoms with Gasteiger partial charge in [-0.2, -0.15) is 0 Å². The average molecular weight is 296 g/mol. The number of benzene rings is 2. The summed E-state index contributed by atoms with van der Waals surface area (Å²) < 4.78 is 5.20. The zero-order valence-electron chi connectivity index (χ0n) is 13.2. The normalized spacial score (nSPS) is 14.9. The van der Waals surface area contributed by atoms with Gasteiger partial charge in [-0.3, -0.25) is 0 Å². The highest BCUT2D eigenvalue weighted by Crippen LogP contribution is 2.28. The van der Waals surface area contributed by atoms with Crippen LogP contribution < -0.4 is 15.4 Å². The van der Waals surface area contributed by atoms with Gasteiger partial charge in [-0.15, -0.1) is 0 Å². The Hall–Kier alpha value is -2.16. The SMILES string of the molecule is COc1ccc(Cc2ccc(N3CCCCC3)c(N)c2)cc1. The van der Waals surface area contributed by atoms with Crippen molar-refractivity contribution in [3.63, 3.8) is 0 Å². The molecule has 2 N–H and O–H groups in total. The van der Waals surface area contributed by atoms with Gasteiger partial charge in [-0.25, -0.2) is 0 Å². The van der Waals surface area contributed by atoms with Crippen LogP contribution in [-0.2, 0) is 6.42 Å². The fourth-order valence-corrected chi connectivity index (χ4v) is 3.12. The molecule has 3 nitrogen and oxygen atoms in total. The van der Waals surface area contributed by atoms with E-state index in [9.17, 15) is 0 Å². The van der Waals surface area contributed by atoms with E-state index in [2.05, 4.69) is 35.2 Å². The quantitative estimate of drug-likeness (QED) is 0.871. The molecule has 22 heavy (non-hydrogen) atoms. The zero-order valence-corrected chi connectivity index (χ0v) is 13.2. The minimum Gasteiger partial charge on any atom is -0.497 e. The van der Waals surface area contributed by atoms with E-state index in [0.717, 1.165) is 30.9 Å². The summed E-state index contributed by atoms with van der Waals surface area (Å²) in [6.45, 7) is 2.25. The Morgan fingerprint density at radius 2 is 1.64 bits per heavy atom. The second kappa shape index (κ2) is 6.73. The van der Waals surface area contributed by atoms with Gasteiger partial charge < -0.3 is 15.4 Å².